The van der Waals surface area contributed by atoms with E-state index < -0.39 is 16.9 Å². The summed E-state index contributed by atoms with van der Waals surface area (Å²) in [5, 5.41) is 10.4. The molecule has 0 aliphatic heterocycles. The van der Waals surface area contributed by atoms with Gasteiger partial charge in [-0.1, -0.05) is 4.98 Å². The van der Waals surface area contributed by atoms with Gasteiger partial charge in [-0.15, -0.1) is 4.57 Å². The molecule has 1 aromatic heterocycles. The van der Waals surface area contributed by atoms with Gasteiger partial charge in [-0.25, -0.2) is 4.79 Å². The van der Waals surface area contributed by atoms with E-state index in [2.05, 4.69) is 4.98 Å². The van der Waals surface area contributed by atoms with Crippen LogP contribution >= 0.6 is 0 Å². The van der Waals surface area contributed by atoms with Crippen LogP contribution in [0.2, 0.25) is 0 Å². The van der Waals surface area contributed by atoms with Crippen molar-refractivity contribution in [1.29, 1.82) is 0 Å². The van der Waals surface area contributed by atoms with Crippen LogP contribution in [0.4, 0.5) is 10.7 Å². The van der Waals surface area contributed by atoms with Crippen LogP contribution in [0.5, 0.6) is 0 Å². The summed E-state index contributed by atoms with van der Waals surface area (Å²) in [5.41, 5.74) is 0. The summed E-state index contributed by atoms with van der Waals surface area (Å²) in [5.74, 6) is -0.473. The van der Waals surface area contributed by atoms with Crippen LogP contribution in [-0.2, 0) is 0 Å². The second-order valence-corrected chi connectivity index (χ2v) is 2.53. The molecule has 0 N–H and O–H groups in total. The number of imidazole rings is 1. The quantitative estimate of drug-likeness (QED) is 0.465. The molecule has 0 aliphatic rings. The Labute approximate surface area is 73.7 Å². The van der Waals surface area contributed by atoms with Crippen molar-refractivity contribution in [3.8, 4) is 0 Å². The van der Waals surface area contributed by atoms with Crippen molar-refractivity contribution in [1.82, 2.24) is 14.5 Å². The molecule has 0 fully saturated rings. The molecular weight excluding hydrogens is 176 g/mol. The third-order valence-corrected chi connectivity index (χ3v) is 1.37. The first-order valence-electron chi connectivity index (χ1n) is 3.43. The van der Waals surface area contributed by atoms with Gasteiger partial charge < -0.3 is 15.0 Å². The molecule has 1 heterocycles. The SMILES string of the molecule is CN(C)C(=O)n1ccnc1[N+](=O)[O-]. The largest absolute Gasteiger partial charge is 0.443 e. The molecule has 0 spiro atoms. The Morgan fingerprint density at radius 3 is 2.77 bits per heavy atom. The van der Waals surface area contributed by atoms with Gasteiger partial charge in [0.05, 0.1) is 0 Å². The first-order valence-corrected chi connectivity index (χ1v) is 3.43. The van der Waals surface area contributed by atoms with Crippen LogP contribution < -0.4 is 0 Å². The van der Waals surface area contributed by atoms with Gasteiger partial charge in [-0.3, -0.25) is 0 Å². The van der Waals surface area contributed by atoms with E-state index in [0.717, 1.165) is 4.57 Å². The van der Waals surface area contributed by atoms with Gasteiger partial charge in [0, 0.05) is 14.1 Å². The van der Waals surface area contributed by atoms with Crippen molar-refractivity contribution in [2.45, 2.75) is 0 Å². The van der Waals surface area contributed by atoms with Gasteiger partial charge in [-0.2, -0.15) is 0 Å². The zero-order chi connectivity index (χ0) is 10.0. The second-order valence-electron chi connectivity index (χ2n) is 2.53. The van der Waals surface area contributed by atoms with E-state index >= 15 is 0 Å². The summed E-state index contributed by atoms with van der Waals surface area (Å²) in [6.07, 6.45) is 2.46. The molecule has 0 aliphatic carbocycles. The van der Waals surface area contributed by atoms with E-state index in [9.17, 15) is 14.9 Å². The van der Waals surface area contributed by atoms with Crippen molar-refractivity contribution < 1.29 is 9.72 Å². The fourth-order valence-corrected chi connectivity index (χ4v) is 0.795. The lowest BCUT2D eigenvalue weighted by atomic mass is 10.7. The monoisotopic (exact) mass is 184 g/mol. The normalized spacial score (nSPS) is 9.69. The summed E-state index contributed by atoms with van der Waals surface area (Å²) >= 11 is 0. The number of aromatic nitrogens is 2. The van der Waals surface area contributed by atoms with Crippen LogP contribution in [0.3, 0.4) is 0 Å². The Balaban J connectivity index is 3.08. The molecule has 13 heavy (non-hydrogen) atoms. The molecule has 7 nitrogen and oxygen atoms in total. The van der Waals surface area contributed by atoms with E-state index in [-0.39, 0.29) is 0 Å². The summed E-state index contributed by atoms with van der Waals surface area (Å²) in [6, 6.07) is -0.496. The van der Waals surface area contributed by atoms with Gasteiger partial charge in [0.2, 0.25) is 0 Å². The van der Waals surface area contributed by atoms with Crippen molar-refractivity contribution >= 4 is 12.0 Å². The predicted octanol–water partition coefficient (Wildman–Crippen LogP) is 0.321. The Hall–Kier alpha value is -1.92. The van der Waals surface area contributed by atoms with Crippen LogP contribution in [0.1, 0.15) is 0 Å². The Morgan fingerprint density at radius 2 is 2.31 bits per heavy atom. The van der Waals surface area contributed by atoms with Crippen LogP contribution in [0.25, 0.3) is 0 Å². The molecule has 7 heteroatoms. The van der Waals surface area contributed by atoms with Crippen LogP contribution in [0.15, 0.2) is 12.4 Å². The molecule has 0 atom stereocenters. The van der Waals surface area contributed by atoms with Crippen molar-refractivity contribution in [3.05, 3.63) is 22.5 Å². The fraction of sp³-hybridized carbons (Fsp3) is 0.333. The number of carbonyl (C=O) groups is 1. The number of rotatable bonds is 1. The first kappa shape index (κ1) is 9.17. The topological polar surface area (TPSA) is 81.3 Å². The van der Waals surface area contributed by atoms with Crippen molar-refractivity contribution in [2.24, 2.45) is 0 Å². The van der Waals surface area contributed by atoms with Crippen molar-refractivity contribution in [2.75, 3.05) is 14.1 Å². The lowest BCUT2D eigenvalue weighted by Gasteiger charge is -2.07. The summed E-state index contributed by atoms with van der Waals surface area (Å²) in [7, 11) is 3.01. The Morgan fingerprint density at radius 1 is 1.69 bits per heavy atom. The Kier molecular flexibility index (Phi) is 2.27. The first-order chi connectivity index (χ1) is 6.04. The third kappa shape index (κ3) is 1.63. The average Bonchev–Trinajstić information content (AvgIpc) is 2.50. The average molecular weight is 184 g/mol. The summed E-state index contributed by atoms with van der Waals surface area (Å²) in [4.78, 5) is 25.6. The molecule has 0 unspecified atom stereocenters. The molecule has 0 saturated heterocycles. The van der Waals surface area contributed by atoms with Gasteiger partial charge in [0.15, 0.2) is 0 Å². The lowest BCUT2D eigenvalue weighted by Crippen LogP contribution is -2.27. The minimum atomic E-state index is -0.707. The molecule has 1 aromatic rings. The van der Waals surface area contributed by atoms with Gasteiger partial charge >= 0.3 is 12.0 Å². The number of hydrogen-bond acceptors (Lipinski definition) is 4. The minimum absolute atomic E-state index is 0.473. The highest BCUT2D eigenvalue weighted by Gasteiger charge is 2.21. The fourth-order valence-electron chi connectivity index (χ4n) is 0.795. The molecule has 1 rings (SSSR count). The van der Waals surface area contributed by atoms with E-state index in [0.29, 0.717) is 0 Å². The minimum Gasteiger partial charge on any atom is -0.390 e. The maximum Gasteiger partial charge on any atom is 0.443 e. The molecule has 0 aromatic carbocycles. The standard InChI is InChI=1S/C6H8N4O3/c1-8(2)6(11)9-4-3-7-5(9)10(12)13/h3-4H,1-2H3. The third-order valence-electron chi connectivity index (χ3n) is 1.37. The molecular formula is C6H8N4O3. The highest BCUT2D eigenvalue weighted by atomic mass is 16.6. The smallest absolute Gasteiger partial charge is 0.390 e. The molecule has 1 amide bonds. The van der Waals surface area contributed by atoms with Gasteiger partial charge in [0.25, 0.3) is 0 Å². The number of nitrogens with zero attached hydrogens (tertiary/aromatic N) is 4. The summed E-state index contributed by atoms with van der Waals surface area (Å²) in [6.45, 7) is 0. The summed E-state index contributed by atoms with van der Waals surface area (Å²) < 4.78 is 0.875. The predicted molar refractivity (Wildman–Crippen MR) is 43.4 cm³/mol. The highest BCUT2D eigenvalue weighted by molar-refractivity contribution is 5.78. The van der Waals surface area contributed by atoms with Crippen molar-refractivity contribution in [3.63, 3.8) is 0 Å². The maximum atomic E-state index is 11.3. The zero-order valence-corrected chi connectivity index (χ0v) is 7.17. The Bertz CT molecular complexity index is 343. The van der Waals surface area contributed by atoms with Crippen LogP contribution in [0, 0.1) is 10.1 Å². The zero-order valence-electron chi connectivity index (χ0n) is 7.17. The van der Waals surface area contributed by atoms with Gasteiger partial charge in [0.1, 0.15) is 12.4 Å². The van der Waals surface area contributed by atoms with Crippen LogP contribution in [-0.4, -0.2) is 39.5 Å². The number of carbonyl (C=O) groups excluding carboxylic acids is 1. The molecule has 0 saturated carbocycles. The number of nitro groups is 1. The maximum absolute atomic E-state index is 11.3. The van der Waals surface area contributed by atoms with E-state index in [4.69, 9.17) is 0 Å². The highest BCUT2D eigenvalue weighted by Crippen LogP contribution is 2.07. The van der Waals surface area contributed by atoms with Gasteiger partial charge in [-0.05, 0) is 4.92 Å². The number of hydrogen-bond donors (Lipinski definition) is 0. The van der Waals surface area contributed by atoms with E-state index in [1.165, 1.54) is 31.4 Å². The van der Waals surface area contributed by atoms with E-state index in [1.807, 2.05) is 0 Å². The number of amides is 1. The molecule has 0 radical (unpaired) electrons. The second kappa shape index (κ2) is 3.21. The van der Waals surface area contributed by atoms with E-state index in [1.54, 1.807) is 0 Å². The molecule has 0 bridgehead atoms. The molecule has 70 valence electrons. The lowest BCUT2D eigenvalue weighted by molar-refractivity contribution is -0.395.